The summed E-state index contributed by atoms with van der Waals surface area (Å²) in [5.74, 6) is 1.52. The zero-order chi connectivity index (χ0) is 17.2. The molecule has 1 aromatic heterocycles. The van der Waals surface area contributed by atoms with Gasteiger partial charge in [-0.15, -0.1) is 11.3 Å². The number of piperazine rings is 1. The Bertz CT molecular complexity index is 466. The third-order valence-corrected chi connectivity index (χ3v) is 5.50. The van der Waals surface area contributed by atoms with Crippen LogP contribution in [0.3, 0.4) is 0 Å². The van der Waals surface area contributed by atoms with Gasteiger partial charge in [0.05, 0.1) is 0 Å². The number of aliphatic imine (C=N–C) groups is 1. The summed E-state index contributed by atoms with van der Waals surface area (Å²) in [6, 6.07) is 4.34. The number of thiophene rings is 1. The van der Waals surface area contributed by atoms with E-state index < -0.39 is 0 Å². The fourth-order valence-corrected chi connectivity index (χ4v) is 3.87. The van der Waals surface area contributed by atoms with Crippen LogP contribution < -0.4 is 10.6 Å². The minimum atomic E-state index is 0.601. The van der Waals surface area contributed by atoms with Crippen LogP contribution in [-0.2, 0) is 6.42 Å². The molecule has 1 aliphatic rings. The Morgan fingerprint density at radius 1 is 1.25 bits per heavy atom. The first-order valence-corrected chi connectivity index (χ1v) is 10.0. The van der Waals surface area contributed by atoms with E-state index in [1.54, 1.807) is 0 Å². The highest BCUT2D eigenvalue weighted by atomic mass is 32.1. The summed E-state index contributed by atoms with van der Waals surface area (Å²) in [5.41, 5.74) is 0. The van der Waals surface area contributed by atoms with Crippen LogP contribution in [0.15, 0.2) is 22.5 Å². The summed E-state index contributed by atoms with van der Waals surface area (Å²) in [7, 11) is 1.85. The molecule has 0 aliphatic carbocycles. The average Bonchev–Trinajstić information content (AvgIpc) is 3.11. The van der Waals surface area contributed by atoms with Gasteiger partial charge < -0.3 is 15.5 Å². The number of guanidine groups is 1. The van der Waals surface area contributed by atoms with Crippen molar-refractivity contribution in [2.75, 3.05) is 59.4 Å². The van der Waals surface area contributed by atoms with E-state index in [0.717, 1.165) is 32.0 Å². The van der Waals surface area contributed by atoms with E-state index in [9.17, 15) is 0 Å². The zero-order valence-electron chi connectivity index (χ0n) is 15.4. The maximum atomic E-state index is 4.34. The van der Waals surface area contributed by atoms with E-state index in [1.807, 2.05) is 18.4 Å². The van der Waals surface area contributed by atoms with Crippen molar-refractivity contribution in [2.24, 2.45) is 10.9 Å². The molecule has 5 nitrogen and oxygen atoms in total. The molecule has 2 rings (SSSR count). The third-order valence-electron chi connectivity index (χ3n) is 4.60. The summed E-state index contributed by atoms with van der Waals surface area (Å²) in [6.07, 6.45) is 1.13. The number of hydrogen-bond donors (Lipinski definition) is 2. The lowest BCUT2D eigenvalue weighted by Crippen LogP contribution is -2.49. The van der Waals surface area contributed by atoms with Crippen molar-refractivity contribution in [3.8, 4) is 0 Å². The first-order chi connectivity index (χ1) is 11.7. The Balaban J connectivity index is 1.58. The van der Waals surface area contributed by atoms with Gasteiger partial charge in [0.2, 0.25) is 0 Å². The number of nitrogens with one attached hydrogen (secondary N) is 2. The van der Waals surface area contributed by atoms with Gasteiger partial charge in [-0.1, -0.05) is 19.9 Å². The van der Waals surface area contributed by atoms with Gasteiger partial charge in [0.15, 0.2) is 5.96 Å². The van der Waals surface area contributed by atoms with Crippen molar-refractivity contribution in [2.45, 2.75) is 20.3 Å². The Labute approximate surface area is 151 Å². The molecule has 1 saturated heterocycles. The molecule has 1 aromatic rings. The first kappa shape index (κ1) is 19.2. The van der Waals surface area contributed by atoms with Crippen molar-refractivity contribution in [3.63, 3.8) is 0 Å². The van der Waals surface area contributed by atoms with Crippen LogP contribution >= 0.6 is 11.3 Å². The van der Waals surface area contributed by atoms with E-state index in [4.69, 9.17) is 0 Å². The summed E-state index contributed by atoms with van der Waals surface area (Å²) in [4.78, 5) is 10.8. The Morgan fingerprint density at radius 2 is 2.00 bits per heavy atom. The van der Waals surface area contributed by atoms with Crippen molar-refractivity contribution in [1.82, 2.24) is 20.4 Å². The van der Waals surface area contributed by atoms with Gasteiger partial charge in [0.1, 0.15) is 0 Å². The summed E-state index contributed by atoms with van der Waals surface area (Å²) in [6.45, 7) is 13.4. The molecule has 24 heavy (non-hydrogen) atoms. The predicted molar refractivity (Wildman–Crippen MR) is 105 cm³/mol. The van der Waals surface area contributed by atoms with Gasteiger partial charge in [-0.2, -0.15) is 0 Å². The zero-order valence-corrected chi connectivity index (χ0v) is 16.2. The minimum absolute atomic E-state index is 0.601. The number of likely N-dealkylation sites (N-methyl/N-ethyl adjacent to an activating group) is 1. The maximum absolute atomic E-state index is 4.34. The third kappa shape index (κ3) is 6.79. The summed E-state index contributed by atoms with van der Waals surface area (Å²) >= 11 is 1.84. The molecule has 1 fully saturated rings. The van der Waals surface area contributed by atoms with Crippen LogP contribution in [0.2, 0.25) is 0 Å². The SMILES string of the molecule is CCN1CCN(CCNC(=NC)NCC(C)Cc2cccs2)CC1. The molecule has 0 bridgehead atoms. The molecule has 136 valence electrons. The van der Waals surface area contributed by atoms with E-state index in [1.165, 1.54) is 37.6 Å². The molecular formula is C18H33N5S. The standard InChI is InChI=1S/C18H33N5S/c1-4-22-9-11-23(12-10-22)8-7-20-18(19-3)21-15-16(2)14-17-6-5-13-24-17/h5-6,13,16H,4,7-12,14-15H2,1-3H3,(H2,19,20,21). The van der Waals surface area contributed by atoms with Crippen LogP contribution in [0.1, 0.15) is 18.7 Å². The van der Waals surface area contributed by atoms with E-state index in [0.29, 0.717) is 5.92 Å². The Hall–Kier alpha value is -1.11. The quantitative estimate of drug-likeness (QED) is 0.553. The number of nitrogens with zero attached hydrogens (tertiary/aromatic N) is 3. The first-order valence-electron chi connectivity index (χ1n) is 9.12. The lowest BCUT2D eigenvalue weighted by molar-refractivity contribution is 0.139. The molecule has 1 unspecified atom stereocenters. The van der Waals surface area contributed by atoms with Crippen molar-refractivity contribution in [1.29, 1.82) is 0 Å². The topological polar surface area (TPSA) is 42.9 Å². The van der Waals surface area contributed by atoms with E-state index in [2.05, 4.69) is 56.8 Å². The maximum Gasteiger partial charge on any atom is 0.191 e. The lowest BCUT2D eigenvalue weighted by Gasteiger charge is -2.34. The van der Waals surface area contributed by atoms with E-state index >= 15 is 0 Å². The molecule has 2 N–H and O–H groups in total. The molecule has 6 heteroatoms. The van der Waals surface area contributed by atoms with E-state index in [-0.39, 0.29) is 0 Å². The van der Waals surface area contributed by atoms with Crippen molar-refractivity contribution < 1.29 is 0 Å². The molecule has 0 radical (unpaired) electrons. The molecule has 0 saturated carbocycles. The van der Waals surface area contributed by atoms with Crippen LogP contribution in [0.5, 0.6) is 0 Å². The second-order valence-corrected chi connectivity index (χ2v) is 7.58. The van der Waals surface area contributed by atoms with Gasteiger partial charge in [-0.3, -0.25) is 9.89 Å². The summed E-state index contributed by atoms with van der Waals surface area (Å²) in [5, 5.41) is 9.04. The minimum Gasteiger partial charge on any atom is -0.356 e. The molecule has 1 atom stereocenters. The molecule has 1 aliphatic heterocycles. The molecule has 2 heterocycles. The predicted octanol–water partition coefficient (Wildman–Crippen LogP) is 1.73. The largest absolute Gasteiger partial charge is 0.356 e. The second-order valence-electron chi connectivity index (χ2n) is 6.54. The Morgan fingerprint density at radius 3 is 2.62 bits per heavy atom. The highest BCUT2D eigenvalue weighted by molar-refractivity contribution is 7.09. The van der Waals surface area contributed by atoms with Gasteiger partial charge in [-0.05, 0) is 30.3 Å². The fourth-order valence-electron chi connectivity index (χ4n) is 3.00. The highest BCUT2D eigenvalue weighted by Crippen LogP contribution is 2.13. The van der Waals surface area contributed by atoms with Gasteiger partial charge in [-0.25, -0.2) is 0 Å². The van der Waals surface area contributed by atoms with Gasteiger partial charge >= 0.3 is 0 Å². The highest BCUT2D eigenvalue weighted by Gasteiger charge is 2.14. The molecular weight excluding hydrogens is 318 g/mol. The monoisotopic (exact) mass is 351 g/mol. The van der Waals surface area contributed by atoms with Crippen LogP contribution in [0.25, 0.3) is 0 Å². The van der Waals surface area contributed by atoms with Gasteiger partial charge in [0.25, 0.3) is 0 Å². The molecule has 0 aromatic carbocycles. The van der Waals surface area contributed by atoms with Crippen LogP contribution in [0, 0.1) is 5.92 Å². The second kappa shape index (κ2) is 10.7. The van der Waals surface area contributed by atoms with Gasteiger partial charge in [0, 0.05) is 57.7 Å². The number of hydrogen-bond acceptors (Lipinski definition) is 4. The number of rotatable bonds is 8. The van der Waals surface area contributed by atoms with Crippen LogP contribution in [-0.4, -0.2) is 75.2 Å². The molecule has 0 amide bonds. The summed E-state index contributed by atoms with van der Waals surface area (Å²) < 4.78 is 0. The fraction of sp³-hybridized carbons (Fsp3) is 0.722. The van der Waals surface area contributed by atoms with Crippen molar-refractivity contribution in [3.05, 3.63) is 22.4 Å². The lowest BCUT2D eigenvalue weighted by atomic mass is 10.1. The Kier molecular flexibility index (Phi) is 8.56. The average molecular weight is 352 g/mol. The van der Waals surface area contributed by atoms with Crippen LogP contribution in [0.4, 0.5) is 0 Å². The smallest absolute Gasteiger partial charge is 0.191 e. The normalized spacial score (nSPS) is 18.5. The molecule has 0 spiro atoms. The van der Waals surface area contributed by atoms with Crippen molar-refractivity contribution >= 4 is 17.3 Å².